The molecule has 0 spiro atoms. The molecule has 0 bridgehead atoms. The third kappa shape index (κ3) is 6.10. The first-order valence-electron chi connectivity index (χ1n) is 14.1. The van der Waals surface area contributed by atoms with Crippen molar-refractivity contribution in [3.8, 4) is 0 Å². The van der Waals surface area contributed by atoms with Crippen molar-refractivity contribution in [3.05, 3.63) is 153 Å². The zero-order valence-electron chi connectivity index (χ0n) is 24.5. The zero-order chi connectivity index (χ0) is 32.4. The van der Waals surface area contributed by atoms with Crippen molar-refractivity contribution in [2.75, 3.05) is 6.61 Å². The number of aromatic amines is 1. The molecule has 5 aromatic rings. The fourth-order valence-electron chi connectivity index (χ4n) is 5.09. The highest BCUT2D eigenvalue weighted by atomic mass is 32.2. The molecule has 0 aliphatic carbocycles. The molecule has 13 heteroatoms. The summed E-state index contributed by atoms with van der Waals surface area (Å²) >= 11 is 2.21. The van der Waals surface area contributed by atoms with Gasteiger partial charge in [-0.1, -0.05) is 83.8 Å². The largest absolute Gasteiger partial charge is 0.463 e. The van der Waals surface area contributed by atoms with Gasteiger partial charge in [-0.05, 0) is 37.1 Å². The number of esters is 1. The molecule has 1 N–H and O–H groups in total. The van der Waals surface area contributed by atoms with E-state index in [-0.39, 0.29) is 28.0 Å². The van der Waals surface area contributed by atoms with Crippen LogP contribution in [-0.4, -0.2) is 32.0 Å². The van der Waals surface area contributed by atoms with Gasteiger partial charge in [0.05, 0.1) is 33.4 Å². The molecule has 230 valence electrons. The van der Waals surface area contributed by atoms with Crippen LogP contribution in [0.2, 0.25) is 0 Å². The van der Waals surface area contributed by atoms with E-state index >= 15 is 0 Å². The molecule has 11 nitrogen and oxygen atoms in total. The highest BCUT2D eigenvalue weighted by molar-refractivity contribution is 7.99. The number of carbonyl (C=O) groups is 1. The number of aryl methyl sites for hydroxylation is 1. The Bertz CT molecular complexity index is 2260. The molecule has 3 aromatic carbocycles. The fraction of sp³-hybridized carbons (Fsp3) is 0.121. The van der Waals surface area contributed by atoms with Crippen molar-refractivity contribution >= 4 is 46.5 Å². The number of carbonyl (C=O) groups excluding carboxylic acids is 1. The second-order valence-corrected chi connectivity index (χ2v) is 12.2. The Hall–Kier alpha value is -5.40. The van der Waals surface area contributed by atoms with Gasteiger partial charge in [0.1, 0.15) is 0 Å². The number of rotatable bonds is 8. The summed E-state index contributed by atoms with van der Waals surface area (Å²) in [6.45, 7) is 3.53. The van der Waals surface area contributed by atoms with Crippen LogP contribution in [0.4, 0.5) is 5.69 Å². The maximum atomic E-state index is 14.3. The summed E-state index contributed by atoms with van der Waals surface area (Å²) in [6.07, 6.45) is 1.56. The van der Waals surface area contributed by atoms with E-state index in [9.17, 15) is 24.5 Å². The van der Waals surface area contributed by atoms with Crippen LogP contribution in [0.15, 0.2) is 115 Å². The average Bonchev–Trinajstić information content (AvgIpc) is 3.35. The van der Waals surface area contributed by atoms with Crippen molar-refractivity contribution in [1.82, 2.24) is 14.5 Å². The van der Waals surface area contributed by atoms with E-state index < -0.39 is 22.5 Å². The van der Waals surface area contributed by atoms with Crippen LogP contribution < -0.4 is 20.5 Å². The number of hydrogen-bond acceptors (Lipinski definition) is 10. The normalized spacial score (nSPS) is 14.5. The standard InChI is InChI=1S/C33H25N5O6S2/c1-3-44-31(41)27-28(20-10-6-4-7-11-20)36-33-37(29(27)21-12-8-5-9-13-21)30(40)25(46-33)18-22-17-23(38(42)43)14-15-24(22)45-32-34-19(2)16-26(39)35-32/h4-18,29H,3H2,1-2H3,(H,34,35,39)/b25-18+/t29-/m0/s1. The smallest absolute Gasteiger partial charge is 0.338 e. The Morgan fingerprint density at radius 3 is 2.48 bits per heavy atom. The minimum atomic E-state index is -0.852. The Labute approximate surface area is 269 Å². The number of fused-ring (bicyclic) bond motifs is 1. The number of thiazole rings is 1. The maximum Gasteiger partial charge on any atom is 0.338 e. The number of ether oxygens (including phenoxy) is 1. The summed E-state index contributed by atoms with van der Waals surface area (Å²) in [5.41, 5.74) is 1.92. The number of nitro groups is 1. The van der Waals surface area contributed by atoms with Crippen LogP contribution in [-0.2, 0) is 9.53 Å². The lowest BCUT2D eigenvalue weighted by atomic mass is 9.93. The summed E-state index contributed by atoms with van der Waals surface area (Å²) < 4.78 is 7.20. The Kier molecular flexibility index (Phi) is 8.59. The molecule has 3 heterocycles. The minimum Gasteiger partial charge on any atom is -0.463 e. The molecule has 6 rings (SSSR count). The van der Waals surface area contributed by atoms with Crippen LogP contribution in [0, 0.1) is 17.0 Å². The molecule has 0 amide bonds. The second kappa shape index (κ2) is 12.9. The zero-order valence-corrected chi connectivity index (χ0v) is 26.1. The van der Waals surface area contributed by atoms with E-state index in [2.05, 4.69) is 9.97 Å². The monoisotopic (exact) mass is 651 g/mol. The fourth-order valence-corrected chi connectivity index (χ4v) is 7.00. The van der Waals surface area contributed by atoms with Gasteiger partial charge in [0.25, 0.3) is 16.8 Å². The number of nitro benzene ring substituents is 1. The van der Waals surface area contributed by atoms with Gasteiger partial charge in [0.15, 0.2) is 9.96 Å². The first kappa shape index (κ1) is 30.6. The number of benzene rings is 3. The molecule has 2 aromatic heterocycles. The molecule has 0 saturated heterocycles. The lowest BCUT2D eigenvalue weighted by molar-refractivity contribution is -0.384. The van der Waals surface area contributed by atoms with Crippen LogP contribution in [0.1, 0.15) is 35.3 Å². The van der Waals surface area contributed by atoms with Gasteiger partial charge in [-0.15, -0.1) is 0 Å². The van der Waals surface area contributed by atoms with Crippen LogP contribution in [0.3, 0.4) is 0 Å². The second-order valence-electron chi connectivity index (χ2n) is 10.1. The van der Waals surface area contributed by atoms with Crippen molar-refractivity contribution in [1.29, 1.82) is 0 Å². The summed E-state index contributed by atoms with van der Waals surface area (Å²) in [5.74, 6) is -0.592. The molecule has 46 heavy (non-hydrogen) atoms. The lowest BCUT2D eigenvalue weighted by Gasteiger charge is -2.25. The van der Waals surface area contributed by atoms with Gasteiger partial charge in [0, 0.05) is 34.4 Å². The van der Waals surface area contributed by atoms with Crippen LogP contribution >= 0.6 is 23.1 Å². The van der Waals surface area contributed by atoms with Gasteiger partial charge in [-0.2, -0.15) is 0 Å². The number of hydrogen-bond donors (Lipinski definition) is 1. The average molecular weight is 652 g/mol. The first-order valence-corrected chi connectivity index (χ1v) is 15.7. The minimum absolute atomic E-state index is 0.130. The van der Waals surface area contributed by atoms with Gasteiger partial charge in [-0.25, -0.2) is 14.8 Å². The van der Waals surface area contributed by atoms with Crippen molar-refractivity contribution < 1.29 is 14.5 Å². The quantitative estimate of drug-likeness (QED) is 0.112. The third-order valence-corrected chi connectivity index (χ3v) is 9.00. The number of non-ortho nitro benzene ring substituents is 1. The Morgan fingerprint density at radius 1 is 1.09 bits per heavy atom. The number of nitrogens with one attached hydrogen (secondary N) is 1. The van der Waals surface area contributed by atoms with E-state index in [1.165, 1.54) is 22.8 Å². The molecule has 0 fully saturated rings. The van der Waals surface area contributed by atoms with Crippen molar-refractivity contribution in [3.63, 3.8) is 0 Å². The maximum absolute atomic E-state index is 14.3. The molecule has 0 saturated carbocycles. The molecule has 1 atom stereocenters. The summed E-state index contributed by atoms with van der Waals surface area (Å²) in [6, 6.07) is 23.1. The lowest BCUT2D eigenvalue weighted by Crippen LogP contribution is -2.40. The molecule has 1 aliphatic rings. The molecular weight excluding hydrogens is 627 g/mol. The molecule has 1 aliphatic heterocycles. The highest BCUT2D eigenvalue weighted by Crippen LogP contribution is 2.35. The van der Waals surface area contributed by atoms with Crippen molar-refractivity contribution in [2.24, 2.45) is 4.99 Å². The van der Waals surface area contributed by atoms with Gasteiger partial charge in [0.2, 0.25) is 0 Å². The SMILES string of the molecule is CCOC(=O)C1=C(c2ccccc2)N=c2s/c(=C/c3cc([N+](=O)[O-])ccc3Sc3nc(C)cc(=O)[nH]3)c(=O)n2[C@H]1c1ccccc1. The van der Waals surface area contributed by atoms with Crippen LogP contribution in [0.25, 0.3) is 11.8 Å². The van der Waals surface area contributed by atoms with E-state index in [0.29, 0.717) is 42.9 Å². The molecule has 0 radical (unpaired) electrons. The summed E-state index contributed by atoms with van der Waals surface area (Å²) in [7, 11) is 0. The predicted molar refractivity (Wildman–Crippen MR) is 174 cm³/mol. The summed E-state index contributed by atoms with van der Waals surface area (Å²) in [5, 5.41) is 12.0. The third-order valence-electron chi connectivity index (χ3n) is 7.03. The number of H-pyrrole nitrogens is 1. The van der Waals surface area contributed by atoms with E-state index in [4.69, 9.17) is 9.73 Å². The summed E-state index contributed by atoms with van der Waals surface area (Å²) in [4.78, 5) is 63.9. The van der Waals surface area contributed by atoms with Crippen molar-refractivity contribution in [2.45, 2.75) is 29.9 Å². The number of aromatic nitrogens is 3. The van der Waals surface area contributed by atoms with Gasteiger partial charge < -0.3 is 9.72 Å². The van der Waals surface area contributed by atoms with Gasteiger partial charge in [-0.3, -0.25) is 24.3 Å². The van der Waals surface area contributed by atoms with E-state index in [0.717, 1.165) is 23.1 Å². The van der Waals surface area contributed by atoms with E-state index in [1.54, 1.807) is 26.0 Å². The predicted octanol–water partition coefficient (Wildman–Crippen LogP) is 4.39. The Morgan fingerprint density at radius 2 is 1.80 bits per heavy atom. The van der Waals surface area contributed by atoms with E-state index in [1.807, 2.05) is 60.7 Å². The molecular formula is C33H25N5O6S2. The Balaban J connectivity index is 1.60. The van der Waals surface area contributed by atoms with Crippen LogP contribution in [0.5, 0.6) is 0 Å². The topological polar surface area (TPSA) is 150 Å². The first-order chi connectivity index (χ1) is 22.2. The highest BCUT2D eigenvalue weighted by Gasteiger charge is 2.35. The molecule has 0 unspecified atom stereocenters. The number of nitrogens with zero attached hydrogens (tertiary/aromatic N) is 4. The van der Waals surface area contributed by atoms with Gasteiger partial charge >= 0.3 is 5.97 Å².